The largest absolute Gasteiger partial charge is 0.478 e. The van der Waals surface area contributed by atoms with Crippen LogP contribution >= 0.6 is 11.6 Å². The maximum atomic E-state index is 12.3. The predicted octanol–water partition coefficient (Wildman–Crippen LogP) is 3.03. The highest BCUT2D eigenvalue weighted by Gasteiger charge is 2.12. The fourth-order valence-corrected chi connectivity index (χ4v) is 2.32. The van der Waals surface area contributed by atoms with Crippen LogP contribution in [0.4, 0.5) is 0 Å². The zero-order valence-corrected chi connectivity index (χ0v) is 10.4. The van der Waals surface area contributed by atoms with Crippen molar-refractivity contribution in [2.75, 3.05) is 0 Å². The lowest BCUT2D eigenvalue weighted by Crippen LogP contribution is -2.07. The molecule has 0 radical (unpaired) electrons. The van der Waals surface area contributed by atoms with E-state index in [-0.39, 0.29) is 11.0 Å². The Balaban J connectivity index is 2.57. The van der Waals surface area contributed by atoms with Crippen LogP contribution < -0.4 is 5.43 Å². The van der Waals surface area contributed by atoms with Gasteiger partial charge >= 0.3 is 5.97 Å². The first-order chi connectivity index (χ1) is 9.08. The van der Waals surface area contributed by atoms with Gasteiger partial charge in [-0.2, -0.15) is 0 Å². The average molecular weight is 274 g/mol. The van der Waals surface area contributed by atoms with Crippen LogP contribution in [0.5, 0.6) is 0 Å². The van der Waals surface area contributed by atoms with Gasteiger partial charge in [-0.15, -0.1) is 0 Å². The zero-order valence-electron chi connectivity index (χ0n) is 9.61. The van der Waals surface area contributed by atoms with E-state index in [9.17, 15) is 9.59 Å². The number of nitrogens with one attached hydrogen (secondary N) is 1. The van der Waals surface area contributed by atoms with Gasteiger partial charge in [-0.1, -0.05) is 17.7 Å². The Morgan fingerprint density at radius 1 is 1.16 bits per heavy atom. The Kier molecular flexibility index (Phi) is 2.54. The lowest BCUT2D eigenvalue weighted by molar-refractivity contribution is 0.0699. The van der Waals surface area contributed by atoms with Crippen molar-refractivity contribution in [2.24, 2.45) is 0 Å². The van der Waals surface area contributed by atoms with Gasteiger partial charge in [-0.25, -0.2) is 4.79 Å². The van der Waals surface area contributed by atoms with Crippen molar-refractivity contribution in [1.82, 2.24) is 4.98 Å². The number of hydrogen-bond acceptors (Lipinski definition) is 2. The smallest absolute Gasteiger partial charge is 0.337 e. The number of fused-ring (bicyclic) bond motifs is 2. The van der Waals surface area contributed by atoms with Crippen LogP contribution in [-0.4, -0.2) is 16.1 Å². The molecular formula is C14H8ClNO3. The first-order valence-corrected chi connectivity index (χ1v) is 5.93. The molecule has 0 unspecified atom stereocenters. The number of carboxylic acid groups (broad SMARTS) is 1. The molecule has 19 heavy (non-hydrogen) atoms. The van der Waals surface area contributed by atoms with Crippen molar-refractivity contribution in [1.29, 1.82) is 0 Å². The van der Waals surface area contributed by atoms with Crippen molar-refractivity contribution in [3.8, 4) is 0 Å². The normalized spacial score (nSPS) is 11.0. The molecule has 0 saturated heterocycles. The number of aromatic amines is 1. The molecule has 2 aromatic carbocycles. The van der Waals surface area contributed by atoms with Gasteiger partial charge in [0.15, 0.2) is 5.43 Å². The summed E-state index contributed by atoms with van der Waals surface area (Å²) in [6, 6.07) is 9.50. The summed E-state index contributed by atoms with van der Waals surface area (Å²) >= 11 is 5.88. The van der Waals surface area contributed by atoms with Crippen LogP contribution in [0.2, 0.25) is 5.02 Å². The molecule has 94 valence electrons. The van der Waals surface area contributed by atoms with Crippen LogP contribution in [0.15, 0.2) is 41.2 Å². The number of halogens is 1. The first-order valence-electron chi connectivity index (χ1n) is 5.55. The standard InChI is InChI=1S/C14H8ClNO3/c15-7-4-5-11-10(6-7)13(17)8-2-1-3-9(14(18)19)12(8)16-11/h1-6H,(H,16,17)(H,18,19). The number of pyridine rings is 1. The molecule has 1 heterocycles. The van der Waals surface area contributed by atoms with Gasteiger partial charge in [-0.05, 0) is 30.3 Å². The summed E-state index contributed by atoms with van der Waals surface area (Å²) in [5.74, 6) is -1.07. The Bertz CT molecular complexity index is 883. The minimum Gasteiger partial charge on any atom is -0.478 e. The van der Waals surface area contributed by atoms with E-state index in [0.29, 0.717) is 26.8 Å². The third kappa shape index (κ3) is 1.77. The van der Waals surface area contributed by atoms with E-state index in [2.05, 4.69) is 4.98 Å². The predicted molar refractivity (Wildman–Crippen MR) is 74.0 cm³/mol. The summed E-state index contributed by atoms with van der Waals surface area (Å²) < 4.78 is 0. The SMILES string of the molecule is O=C(O)c1cccc2c(=O)c3cc(Cl)ccc3[nH]c12. The van der Waals surface area contributed by atoms with Crippen LogP contribution in [0.25, 0.3) is 21.8 Å². The summed E-state index contributed by atoms with van der Waals surface area (Å²) in [5.41, 5.74) is 0.742. The Morgan fingerprint density at radius 3 is 2.68 bits per heavy atom. The molecule has 1 aromatic heterocycles. The minimum atomic E-state index is -1.07. The Labute approximate surface area is 112 Å². The molecule has 2 N–H and O–H groups in total. The third-order valence-corrected chi connectivity index (χ3v) is 3.26. The number of H-pyrrole nitrogens is 1. The summed E-state index contributed by atoms with van der Waals surface area (Å²) in [7, 11) is 0. The number of carbonyl (C=O) groups is 1. The second kappa shape index (κ2) is 4.10. The average Bonchev–Trinajstić information content (AvgIpc) is 2.39. The van der Waals surface area contributed by atoms with Gasteiger partial charge in [0.2, 0.25) is 0 Å². The summed E-state index contributed by atoms with van der Waals surface area (Å²) in [5, 5.41) is 10.4. The van der Waals surface area contributed by atoms with E-state index in [1.165, 1.54) is 6.07 Å². The highest BCUT2D eigenvalue weighted by atomic mass is 35.5. The highest BCUT2D eigenvalue weighted by Crippen LogP contribution is 2.20. The minimum absolute atomic E-state index is 0.0754. The number of carboxylic acids is 1. The van der Waals surface area contributed by atoms with Gasteiger partial charge in [0.1, 0.15) is 0 Å². The molecule has 0 amide bonds. The van der Waals surface area contributed by atoms with Crippen molar-refractivity contribution >= 4 is 39.4 Å². The maximum Gasteiger partial charge on any atom is 0.337 e. The quantitative estimate of drug-likeness (QED) is 0.670. The Morgan fingerprint density at radius 2 is 1.95 bits per heavy atom. The number of para-hydroxylation sites is 1. The first kappa shape index (κ1) is 11.7. The second-order valence-corrected chi connectivity index (χ2v) is 4.61. The molecule has 0 aliphatic rings. The van der Waals surface area contributed by atoms with E-state index in [1.54, 1.807) is 30.3 Å². The number of benzene rings is 2. The second-order valence-electron chi connectivity index (χ2n) is 4.18. The molecule has 5 heteroatoms. The van der Waals surface area contributed by atoms with Crippen molar-refractivity contribution in [3.63, 3.8) is 0 Å². The van der Waals surface area contributed by atoms with Crippen LogP contribution in [0.1, 0.15) is 10.4 Å². The zero-order chi connectivity index (χ0) is 13.6. The van der Waals surface area contributed by atoms with Crippen molar-refractivity contribution in [2.45, 2.75) is 0 Å². The van der Waals surface area contributed by atoms with Crippen LogP contribution in [0, 0.1) is 0 Å². The van der Waals surface area contributed by atoms with Gasteiger partial charge < -0.3 is 10.1 Å². The number of hydrogen-bond donors (Lipinski definition) is 2. The van der Waals surface area contributed by atoms with E-state index in [0.717, 1.165) is 0 Å². The Hall–Kier alpha value is -2.33. The van der Waals surface area contributed by atoms with E-state index >= 15 is 0 Å². The molecule has 0 aliphatic carbocycles. The molecular weight excluding hydrogens is 266 g/mol. The molecule has 0 atom stereocenters. The van der Waals surface area contributed by atoms with Crippen LogP contribution in [0.3, 0.4) is 0 Å². The molecule has 4 nitrogen and oxygen atoms in total. The van der Waals surface area contributed by atoms with E-state index < -0.39 is 5.97 Å². The fourth-order valence-electron chi connectivity index (χ4n) is 2.15. The number of aromatic nitrogens is 1. The number of rotatable bonds is 1. The maximum absolute atomic E-state index is 12.3. The molecule has 0 aliphatic heterocycles. The summed E-state index contributed by atoms with van der Waals surface area (Å²) in [4.78, 5) is 26.5. The molecule has 0 bridgehead atoms. The molecule has 0 spiro atoms. The van der Waals surface area contributed by atoms with Crippen molar-refractivity contribution in [3.05, 3.63) is 57.2 Å². The van der Waals surface area contributed by atoms with Gasteiger partial charge in [0.25, 0.3) is 0 Å². The molecule has 0 saturated carbocycles. The topological polar surface area (TPSA) is 70.2 Å². The lowest BCUT2D eigenvalue weighted by Gasteiger charge is -2.05. The molecule has 3 aromatic rings. The van der Waals surface area contributed by atoms with E-state index in [4.69, 9.17) is 16.7 Å². The summed E-state index contributed by atoms with van der Waals surface area (Å²) in [6.07, 6.45) is 0. The highest BCUT2D eigenvalue weighted by molar-refractivity contribution is 6.31. The van der Waals surface area contributed by atoms with Gasteiger partial charge in [-0.3, -0.25) is 4.79 Å². The molecule has 0 fully saturated rings. The van der Waals surface area contributed by atoms with E-state index in [1.807, 2.05) is 0 Å². The van der Waals surface area contributed by atoms with Crippen molar-refractivity contribution < 1.29 is 9.90 Å². The monoisotopic (exact) mass is 273 g/mol. The fraction of sp³-hybridized carbons (Fsp3) is 0. The third-order valence-electron chi connectivity index (χ3n) is 3.03. The van der Waals surface area contributed by atoms with Crippen LogP contribution in [-0.2, 0) is 0 Å². The summed E-state index contributed by atoms with van der Waals surface area (Å²) in [6.45, 7) is 0. The van der Waals surface area contributed by atoms with Gasteiger partial charge in [0, 0.05) is 21.3 Å². The lowest BCUT2D eigenvalue weighted by atomic mass is 10.1. The van der Waals surface area contributed by atoms with Gasteiger partial charge in [0.05, 0.1) is 11.1 Å². The number of aromatic carboxylic acids is 1. The molecule has 3 rings (SSSR count).